The van der Waals surface area contributed by atoms with Gasteiger partial charge in [0.15, 0.2) is 0 Å². The van der Waals surface area contributed by atoms with Crippen molar-refractivity contribution in [2.75, 3.05) is 0 Å². The number of halogens is 1. The fourth-order valence-corrected chi connectivity index (χ4v) is 5.58. The van der Waals surface area contributed by atoms with Gasteiger partial charge in [0, 0.05) is 35.5 Å². The fraction of sp³-hybridized carbons (Fsp3) is 0.259. The predicted molar refractivity (Wildman–Crippen MR) is 139 cm³/mol. The first-order valence-electron chi connectivity index (χ1n) is 11.7. The minimum absolute atomic E-state index is 0.0612. The molecule has 1 aliphatic rings. The van der Waals surface area contributed by atoms with E-state index in [0.717, 1.165) is 17.5 Å². The predicted octanol–water partition coefficient (Wildman–Crippen LogP) is 4.00. The van der Waals surface area contributed by atoms with Gasteiger partial charge in [0.2, 0.25) is 21.8 Å². The van der Waals surface area contributed by atoms with Gasteiger partial charge in [-0.3, -0.25) is 9.59 Å². The fourth-order valence-electron chi connectivity index (χ4n) is 4.62. The highest BCUT2D eigenvalue weighted by Crippen LogP contribution is 2.32. The molecule has 4 N–H and O–H groups in total. The molecule has 1 unspecified atom stereocenters. The first kappa shape index (κ1) is 25.9. The molecule has 4 rings (SSSR count). The maximum absolute atomic E-state index is 12.9. The number of sulfonamides is 1. The summed E-state index contributed by atoms with van der Waals surface area (Å²) >= 11 is 6.17. The number of carbonyl (C=O) groups is 2. The maximum Gasteiger partial charge on any atom is 0.238 e. The molecule has 3 aromatic rings. The Balaban J connectivity index is 1.35. The van der Waals surface area contributed by atoms with E-state index in [1.165, 1.54) is 6.07 Å². The molecule has 2 amide bonds. The van der Waals surface area contributed by atoms with Gasteiger partial charge in [0.1, 0.15) is 0 Å². The number of benzene rings is 3. The van der Waals surface area contributed by atoms with E-state index in [9.17, 15) is 18.0 Å². The Kier molecular flexibility index (Phi) is 8.08. The van der Waals surface area contributed by atoms with Crippen molar-refractivity contribution in [3.63, 3.8) is 0 Å². The van der Waals surface area contributed by atoms with Gasteiger partial charge in [-0.05, 0) is 41.7 Å². The Morgan fingerprint density at radius 3 is 2.06 bits per heavy atom. The van der Waals surface area contributed by atoms with Crippen molar-refractivity contribution in [2.45, 2.75) is 37.2 Å². The molecule has 2 atom stereocenters. The summed E-state index contributed by atoms with van der Waals surface area (Å²) in [5.41, 5.74) is 2.92. The van der Waals surface area contributed by atoms with Crippen molar-refractivity contribution in [1.82, 2.24) is 10.6 Å². The van der Waals surface area contributed by atoms with Gasteiger partial charge in [-0.1, -0.05) is 78.7 Å². The third-order valence-electron chi connectivity index (χ3n) is 6.53. The highest BCUT2D eigenvalue weighted by atomic mass is 35.5. The third kappa shape index (κ3) is 6.13. The van der Waals surface area contributed by atoms with Crippen LogP contribution >= 0.6 is 11.6 Å². The SMILES string of the molecule is NS(=O)(=O)c1ccccc1-c1ccc(CNC(=O)C2CCC[C@H]2C(=O)NCc2ccccc2Cl)cc1. The Morgan fingerprint density at radius 2 is 1.42 bits per heavy atom. The van der Waals surface area contributed by atoms with Crippen LogP contribution < -0.4 is 15.8 Å². The van der Waals surface area contributed by atoms with Crippen LogP contribution in [0.4, 0.5) is 0 Å². The van der Waals surface area contributed by atoms with Crippen LogP contribution in [0.1, 0.15) is 30.4 Å². The standard InChI is InChI=1S/C27H28ClN3O4S/c28-24-10-3-1-6-20(24)17-31-27(33)23-9-5-8-22(23)26(32)30-16-18-12-14-19(15-13-18)21-7-2-4-11-25(21)36(29,34)35/h1-4,6-7,10-15,22-23H,5,8-9,16-17H2,(H,30,32)(H,31,33)(H2,29,34,35)/t22?,23-/m1/s1. The van der Waals surface area contributed by atoms with E-state index in [-0.39, 0.29) is 28.5 Å². The summed E-state index contributed by atoms with van der Waals surface area (Å²) in [5.74, 6) is -1.03. The topological polar surface area (TPSA) is 118 Å². The molecule has 1 aliphatic carbocycles. The van der Waals surface area contributed by atoms with Crippen LogP contribution in [0.5, 0.6) is 0 Å². The van der Waals surface area contributed by atoms with Gasteiger partial charge >= 0.3 is 0 Å². The molecule has 3 aromatic carbocycles. The van der Waals surface area contributed by atoms with Crippen LogP contribution in [0, 0.1) is 11.8 Å². The van der Waals surface area contributed by atoms with Crippen molar-refractivity contribution in [3.05, 3.63) is 88.9 Å². The molecule has 0 saturated heterocycles. The molecule has 0 aromatic heterocycles. The molecule has 36 heavy (non-hydrogen) atoms. The zero-order valence-corrected chi connectivity index (χ0v) is 21.2. The van der Waals surface area contributed by atoms with Crippen LogP contribution in [-0.2, 0) is 32.7 Å². The molecule has 0 bridgehead atoms. The Labute approximate surface area is 216 Å². The summed E-state index contributed by atoms with van der Waals surface area (Å²) in [6, 6.07) is 21.2. The number of hydrogen-bond acceptors (Lipinski definition) is 4. The second kappa shape index (κ2) is 11.2. The van der Waals surface area contributed by atoms with Crippen molar-refractivity contribution in [3.8, 4) is 11.1 Å². The summed E-state index contributed by atoms with van der Waals surface area (Å²) in [5, 5.41) is 11.8. The first-order valence-corrected chi connectivity index (χ1v) is 13.7. The van der Waals surface area contributed by atoms with Gasteiger partial charge in [0.05, 0.1) is 4.90 Å². The van der Waals surface area contributed by atoms with Crippen LogP contribution in [0.3, 0.4) is 0 Å². The molecule has 0 heterocycles. The molecule has 9 heteroatoms. The van der Waals surface area contributed by atoms with Crippen molar-refractivity contribution in [1.29, 1.82) is 0 Å². The van der Waals surface area contributed by atoms with Gasteiger partial charge in [-0.15, -0.1) is 0 Å². The summed E-state index contributed by atoms with van der Waals surface area (Å²) in [6.45, 7) is 0.630. The van der Waals surface area contributed by atoms with Crippen LogP contribution in [-0.4, -0.2) is 20.2 Å². The largest absolute Gasteiger partial charge is 0.352 e. The van der Waals surface area contributed by atoms with Crippen LogP contribution in [0.25, 0.3) is 11.1 Å². The number of carbonyl (C=O) groups excluding carboxylic acids is 2. The highest BCUT2D eigenvalue weighted by Gasteiger charge is 2.37. The number of nitrogens with one attached hydrogen (secondary N) is 2. The van der Waals surface area contributed by atoms with Gasteiger partial charge in [-0.2, -0.15) is 0 Å². The smallest absolute Gasteiger partial charge is 0.238 e. The second-order valence-corrected chi connectivity index (χ2v) is 10.8. The van der Waals surface area contributed by atoms with E-state index in [1.807, 2.05) is 30.3 Å². The molecule has 0 radical (unpaired) electrons. The summed E-state index contributed by atoms with van der Waals surface area (Å²) < 4.78 is 23.8. The van der Waals surface area contributed by atoms with E-state index in [0.29, 0.717) is 42.1 Å². The normalized spacial score (nSPS) is 17.5. The lowest BCUT2D eigenvalue weighted by atomic mass is 9.94. The lowest BCUT2D eigenvalue weighted by Gasteiger charge is -2.19. The third-order valence-corrected chi connectivity index (χ3v) is 7.86. The molecule has 7 nitrogen and oxygen atoms in total. The second-order valence-electron chi connectivity index (χ2n) is 8.91. The number of rotatable bonds is 8. The maximum atomic E-state index is 12.9. The quantitative estimate of drug-likeness (QED) is 0.412. The summed E-state index contributed by atoms with van der Waals surface area (Å²) in [7, 11) is -3.85. The van der Waals surface area contributed by atoms with E-state index in [4.69, 9.17) is 16.7 Å². The number of primary sulfonamides is 1. The average Bonchev–Trinajstić information content (AvgIpc) is 3.37. The van der Waals surface area contributed by atoms with Gasteiger partial charge < -0.3 is 10.6 Å². The van der Waals surface area contributed by atoms with Crippen molar-refractivity contribution < 1.29 is 18.0 Å². The molecule has 0 spiro atoms. The lowest BCUT2D eigenvalue weighted by molar-refractivity contribution is -0.133. The first-order chi connectivity index (χ1) is 17.2. The molecule has 0 aliphatic heterocycles. The minimum Gasteiger partial charge on any atom is -0.352 e. The summed E-state index contributed by atoms with van der Waals surface area (Å²) in [6.07, 6.45) is 2.16. The van der Waals surface area contributed by atoms with E-state index < -0.39 is 10.0 Å². The zero-order valence-electron chi connectivity index (χ0n) is 19.6. The molecular weight excluding hydrogens is 498 g/mol. The zero-order chi connectivity index (χ0) is 25.7. The van der Waals surface area contributed by atoms with Crippen molar-refractivity contribution in [2.24, 2.45) is 17.0 Å². The molecule has 1 saturated carbocycles. The van der Waals surface area contributed by atoms with E-state index in [1.54, 1.807) is 36.4 Å². The number of hydrogen-bond donors (Lipinski definition) is 3. The molecule has 1 fully saturated rings. The van der Waals surface area contributed by atoms with E-state index >= 15 is 0 Å². The number of nitrogens with two attached hydrogens (primary N) is 1. The minimum atomic E-state index is -3.85. The van der Waals surface area contributed by atoms with Crippen LogP contribution in [0.2, 0.25) is 5.02 Å². The molecule has 188 valence electrons. The summed E-state index contributed by atoms with van der Waals surface area (Å²) in [4.78, 5) is 25.8. The lowest BCUT2D eigenvalue weighted by Crippen LogP contribution is -2.39. The monoisotopic (exact) mass is 525 g/mol. The van der Waals surface area contributed by atoms with Crippen LogP contribution in [0.15, 0.2) is 77.7 Å². The van der Waals surface area contributed by atoms with Gasteiger partial charge in [-0.25, -0.2) is 13.6 Å². The molecular formula is C27H28ClN3O4S. The Morgan fingerprint density at radius 1 is 0.833 bits per heavy atom. The average molecular weight is 526 g/mol. The van der Waals surface area contributed by atoms with Crippen molar-refractivity contribution >= 4 is 33.4 Å². The Hall–Kier alpha value is -3.20. The number of amides is 2. The Bertz CT molecular complexity index is 1360. The van der Waals surface area contributed by atoms with Gasteiger partial charge in [0.25, 0.3) is 0 Å². The van der Waals surface area contributed by atoms with E-state index in [2.05, 4.69) is 10.6 Å². The highest BCUT2D eigenvalue weighted by molar-refractivity contribution is 7.89.